The third kappa shape index (κ3) is 23.6. The van der Waals surface area contributed by atoms with Gasteiger partial charge in [-0.25, -0.2) is 24.7 Å². The van der Waals surface area contributed by atoms with E-state index in [4.69, 9.17) is 47.0 Å². The number of aliphatic carboxylic acids is 1. The lowest BCUT2D eigenvalue weighted by Crippen LogP contribution is -2.46. The number of carboxylic acid groups (broad SMARTS) is 1. The number of carbonyl (C=O) groups excluding carboxylic acids is 15. The number of hydrogen-bond acceptors (Lipinski definition) is 25. The molecule has 4 fully saturated rings. The molecule has 0 spiro atoms. The quantitative estimate of drug-likeness (QED) is 0.0470. The van der Waals surface area contributed by atoms with Crippen LogP contribution in [-0.4, -0.2) is 189 Å². The Hall–Kier alpha value is -15.8. The molecule has 8 aromatic rings. The standard InChI is InChI=1S/3C23H25N5O5.C14H18N2O.C9H9N3O5/c3*1-12-3-6-18(13-4-5-17-14(7-13)8-19(29)27-17)28(11-12)23(32)21(31)26-15-9-16(20(24)30)22(33-2)25-10-15;1-9-2-4-12(15-8-9)10-3-5-13-11(6-10)7-14(17)16-13;1-17-8-5(6(10)13)2-4(3-11-8)12-7(14)9(15)16/h3*4-5,7,9-10,12,18H,3,6,8,11H2,1-2H3,(H2,24,30)(H,26,31)(H,27,29);3,5-6,9,12,15H,2,4,7-8H2,1H3,(H,16,17);2-3H,1H3,(H2,10,13)(H,12,14)(H,15,16)/t3*12-,18+;;/m110../s1. The summed E-state index contributed by atoms with van der Waals surface area (Å²) in [5.41, 5.74) is 32.6. The second-order valence-electron chi connectivity index (χ2n) is 33.4. The van der Waals surface area contributed by atoms with Crippen LogP contribution in [0.25, 0.3) is 0 Å². The zero-order valence-electron chi connectivity index (χ0n) is 74.0. The molecule has 8 aliphatic heterocycles. The van der Waals surface area contributed by atoms with Crippen LogP contribution in [0.15, 0.2) is 122 Å². The molecule has 12 heterocycles. The van der Waals surface area contributed by atoms with E-state index in [2.05, 4.69) is 81.5 Å². The number of nitrogens with two attached hydrogens (primary N) is 4. The number of fused-ring (bicyclic) bond motifs is 4. The van der Waals surface area contributed by atoms with Crippen molar-refractivity contribution in [2.45, 2.75) is 129 Å². The van der Waals surface area contributed by atoms with Crippen LogP contribution in [-0.2, 0) is 83.2 Å². The maximum Gasteiger partial charge on any atom is 0.394 e. The molecular weight excluding hydrogens is 1720 g/mol. The van der Waals surface area contributed by atoms with Crippen LogP contribution in [0.5, 0.6) is 23.5 Å². The number of aromatic nitrogens is 4. The third-order valence-corrected chi connectivity index (χ3v) is 23.5. The van der Waals surface area contributed by atoms with Crippen molar-refractivity contribution in [1.29, 1.82) is 0 Å². The van der Waals surface area contributed by atoms with Crippen molar-refractivity contribution >= 4 is 140 Å². The normalized spacial score (nSPS) is 19.2. The van der Waals surface area contributed by atoms with Crippen LogP contribution in [0.1, 0.15) is 189 Å². The van der Waals surface area contributed by atoms with E-state index in [-0.39, 0.29) is 128 Å². The summed E-state index contributed by atoms with van der Waals surface area (Å²) in [5.74, 6) is -9.06. The number of methoxy groups -OCH3 is 4. The number of likely N-dealkylation sites (tertiary alicyclic amines) is 3. The van der Waals surface area contributed by atoms with Gasteiger partial charge in [0.2, 0.25) is 47.1 Å². The van der Waals surface area contributed by atoms with Crippen molar-refractivity contribution in [2.24, 2.45) is 46.6 Å². The highest BCUT2D eigenvalue weighted by atomic mass is 16.5. The number of anilines is 8. The summed E-state index contributed by atoms with van der Waals surface area (Å²) in [6.45, 7) is 10.8. The molecule has 0 radical (unpaired) electrons. The van der Waals surface area contributed by atoms with E-state index in [1.165, 1.54) is 89.7 Å². The number of amides is 15. The van der Waals surface area contributed by atoms with Gasteiger partial charge in [-0.05, 0) is 175 Å². The molecule has 2 unspecified atom stereocenters. The summed E-state index contributed by atoms with van der Waals surface area (Å²) in [6.07, 6.45) is 13.8. The van der Waals surface area contributed by atoms with Crippen LogP contribution < -0.4 is 89.7 Å². The molecule has 18 N–H and O–H groups in total. The van der Waals surface area contributed by atoms with Crippen molar-refractivity contribution in [3.8, 4) is 23.5 Å². The number of piperidine rings is 4. The SMILES string of the molecule is CC1CCC(c2ccc3c(c2)CC(=O)N3)NC1.COc1ncc(NC(=O)C(=O)N2C[C@@H](C)CC[C@@H]2c2ccc3c(c2)CC(=O)N3)cc1C(N)=O.COc1ncc(NC(=O)C(=O)N2C[C@H](C)CC[C@H]2c2ccc3c(c2)CC(=O)N3)cc1C(N)=O.COc1ncc(NC(=O)C(=O)N2C[C@H](C)CC[C@H]2c2ccc3c(c2)CC(=O)N3)cc1C(N)=O.COc1ncc(NC(=O)C(=O)O)cc1C(N)=O. The fraction of sp³-hybridized carbons (Fsp3) is 0.348. The van der Waals surface area contributed by atoms with Gasteiger partial charge < -0.3 is 110 Å². The molecule has 15 amide bonds. The third-order valence-electron chi connectivity index (χ3n) is 23.5. The molecule has 0 saturated carbocycles. The molecule has 696 valence electrons. The summed E-state index contributed by atoms with van der Waals surface area (Å²) in [6, 6.07) is 28.1. The zero-order valence-corrected chi connectivity index (χ0v) is 74.0. The van der Waals surface area contributed by atoms with Gasteiger partial charge in [-0.3, -0.25) is 71.9 Å². The second kappa shape index (κ2) is 42.6. The van der Waals surface area contributed by atoms with Crippen molar-refractivity contribution in [3.05, 3.63) is 189 Å². The number of ether oxygens (including phenoxy) is 4. The van der Waals surface area contributed by atoms with Crippen LogP contribution in [0, 0.1) is 23.7 Å². The predicted molar refractivity (Wildman–Crippen MR) is 482 cm³/mol. The topological polar surface area (TPSA) is 604 Å². The van der Waals surface area contributed by atoms with Gasteiger partial charge in [-0.1, -0.05) is 76.2 Å². The van der Waals surface area contributed by atoms with Crippen molar-refractivity contribution < 1.29 is 101 Å². The number of nitrogens with one attached hydrogen (secondary N) is 9. The first-order valence-corrected chi connectivity index (χ1v) is 42.7. The molecule has 8 atom stereocenters. The maximum absolute atomic E-state index is 13.2. The van der Waals surface area contributed by atoms with Gasteiger partial charge in [0, 0.05) is 48.4 Å². The van der Waals surface area contributed by atoms with Crippen molar-refractivity contribution in [3.63, 3.8) is 0 Å². The van der Waals surface area contributed by atoms with Gasteiger partial charge in [0.25, 0.3) is 23.6 Å². The smallest absolute Gasteiger partial charge is 0.394 e. The Kier molecular flexibility index (Phi) is 30.8. The van der Waals surface area contributed by atoms with E-state index in [0.29, 0.717) is 70.6 Å². The molecule has 8 aliphatic rings. The average Bonchev–Trinajstić information content (AvgIpc) is 1.77. The Morgan fingerprint density at radius 3 is 0.857 bits per heavy atom. The highest BCUT2D eigenvalue weighted by Gasteiger charge is 2.40. The van der Waals surface area contributed by atoms with Gasteiger partial charge in [0.1, 0.15) is 22.3 Å². The Labute approximate surface area is 762 Å². The van der Waals surface area contributed by atoms with E-state index in [9.17, 15) is 76.7 Å². The Bertz CT molecular complexity index is 5550. The number of benzene rings is 4. The average molecular weight is 1820 g/mol. The first kappa shape index (κ1) is 96.2. The van der Waals surface area contributed by atoms with Gasteiger partial charge in [-0.15, -0.1) is 0 Å². The molecule has 41 nitrogen and oxygen atoms in total. The molecule has 4 aromatic carbocycles. The van der Waals surface area contributed by atoms with Crippen molar-refractivity contribution in [2.75, 3.05) is 97.2 Å². The Morgan fingerprint density at radius 2 is 0.609 bits per heavy atom. The molecular formula is C92H102N20O21. The Morgan fingerprint density at radius 1 is 0.353 bits per heavy atom. The molecule has 41 heteroatoms. The molecule has 16 rings (SSSR count). The lowest BCUT2D eigenvalue weighted by Gasteiger charge is -2.38. The number of hydrogen-bond donors (Lipinski definition) is 14. The van der Waals surface area contributed by atoms with E-state index in [1.54, 1.807) is 14.7 Å². The summed E-state index contributed by atoms with van der Waals surface area (Å²) >= 11 is 0. The van der Waals surface area contributed by atoms with Gasteiger partial charge in [0.15, 0.2) is 0 Å². The minimum absolute atomic E-state index is 0.00600. The first-order valence-electron chi connectivity index (χ1n) is 42.7. The summed E-state index contributed by atoms with van der Waals surface area (Å²) in [5, 5.41) is 32.8. The lowest BCUT2D eigenvalue weighted by atomic mass is 9.89. The monoisotopic (exact) mass is 1820 g/mol. The molecule has 0 bridgehead atoms. The van der Waals surface area contributed by atoms with Crippen LogP contribution in [0.4, 0.5) is 45.5 Å². The number of pyridine rings is 4. The van der Waals surface area contributed by atoms with E-state index in [0.717, 1.165) is 99.6 Å². The van der Waals surface area contributed by atoms with Crippen molar-refractivity contribution in [1.82, 2.24) is 40.0 Å². The largest absolute Gasteiger partial charge is 0.480 e. The second-order valence-corrected chi connectivity index (χ2v) is 33.4. The highest BCUT2D eigenvalue weighted by molar-refractivity contribution is 6.41. The highest BCUT2D eigenvalue weighted by Crippen LogP contribution is 2.41. The van der Waals surface area contributed by atoms with Crippen LogP contribution in [0.3, 0.4) is 0 Å². The summed E-state index contributed by atoms with van der Waals surface area (Å²) in [7, 11) is 5.34. The summed E-state index contributed by atoms with van der Waals surface area (Å²) in [4.78, 5) is 212. The van der Waals surface area contributed by atoms with E-state index < -0.39 is 70.9 Å². The number of nitrogens with zero attached hydrogens (tertiary/aromatic N) is 7. The molecule has 4 aromatic heterocycles. The van der Waals surface area contributed by atoms with Gasteiger partial charge in [0.05, 0.1) is 120 Å². The fourth-order valence-electron chi connectivity index (χ4n) is 16.9. The number of rotatable bonds is 16. The first-order chi connectivity index (χ1) is 63.5. The minimum Gasteiger partial charge on any atom is -0.480 e. The summed E-state index contributed by atoms with van der Waals surface area (Å²) < 4.78 is 19.8. The number of carboxylic acids is 1. The molecule has 4 saturated heterocycles. The van der Waals surface area contributed by atoms with Gasteiger partial charge >= 0.3 is 47.3 Å². The lowest BCUT2D eigenvalue weighted by molar-refractivity contribution is -0.147. The molecule has 133 heavy (non-hydrogen) atoms. The Balaban J connectivity index is 0.000000154. The maximum atomic E-state index is 13.2. The fourth-order valence-corrected chi connectivity index (χ4v) is 16.9. The van der Waals surface area contributed by atoms with Gasteiger partial charge in [-0.2, -0.15) is 0 Å². The van der Waals surface area contributed by atoms with E-state index >= 15 is 0 Å². The number of primary amides is 4. The number of carbonyl (C=O) groups is 16. The predicted octanol–water partition coefficient (Wildman–Crippen LogP) is 6.32. The van der Waals surface area contributed by atoms with Crippen LogP contribution >= 0.6 is 0 Å². The minimum atomic E-state index is -1.65. The zero-order chi connectivity index (χ0) is 95.9. The van der Waals surface area contributed by atoms with Crippen LogP contribution in [0.2, 0.25) is 0 Å². The van der Waals surface area contributed by atoms with E-state index in [1.807, 2.05) is 86.8 Å². The molecule has 0 aliphatic carbocycles.